The summed E-state index contributed by atoms with van der Waals surface area (Å²) >= 11 is 0. The first-order chi connectivity index (χ1) is 9.13. The lowest BCUT2D eigenvalue weighted by molar-refractivity contribution is 0.579. The molecule has 0 saturated heterocycles. The fourth-order valence-electron chi connectivity index (χ4n) is 1.56. The van der Waals surface area contributed by atoms with Crippen LogP contribution in [0, 0.1) is 0 Å². The van der Waals surface area contributed by atoms with Gasteiger partial charge in [0.2, 0.25) is 10.0 Å². The van der Waals surface area contributed by atoms with Crippen molar-refractivity contribution in [2.75, 3.05) is 13.1 Å². The van der Waals surface area contributed by atoms with Gasteiger partial charge in [-0.05, 0) is 25.1 Å². The predicted octanol–water partition coefficient (Wildman–Crippen LogP) is 0.921. The van der Waals surface area contributed by atoms with E-state index < -0.39 is 10.0 Å². The van der Waals surface area contributed by atoms with Gasteiger partial charge in [-0.2, -0.15) is 5.10 Å². The lowest BCUT2D eigenvalue weighted by Gasteiger charge is -2.03. The van der Waals surface area contributed by atoms with E-state index in [0.29, 0.717) is 19.5 Å². The summed E-state index contributed by atoms with van der Waals surface area (Å²) in [6.07, 6.45) is 3.42. The second-order valence-electron chi connectivity index (χ2n) is 4.00. The van der Waals surface area contributed by atoms with Crippen LogP contribution in [0.4, 0.5) is 0 Å². The quantitative estimate of drug-likeness (QED) is 0.775. The topological polar surface area (TPSA) is 90.0 Å². The summed E-state index contributed by atoms with van der Waals surface area (Å²) in [5, 5.41) is 4.05. The molecule has 0 aliphatic rings. The first-order valence-electron chi connectivity index (χ1n) is 5.93. The van der Waals surface area contributed by atoms with Crippen LogP contribution in [0.2, 0.25) is 0 Å². The molecule has 0 unspecified atom stereocenters. The van der Waals surface area contributed by atoms with Crippen LogP contribution >= 0.6 is 12.4 Å². The van der Waals surface area contributed by atoms with E-state index in [4.69, 9.17) is 5.73 Å². The highest BCUT2D eigenvalue weighted by molar-refractivity contribution is 7.89. The number of hydrogen-bond donors (Lipinski definition) is 2. The summed E-state index contributed by atoms with van der Waals surface area (Å²) in [5.41, 5.74) is 6.14. The van der Waals surface area contributed by atoms with E-state index in [-0.39, 0.29) is 17.3 Å². The molecule has 0 aliphatic carbocycles. The third-order valence-corrected chi connectivity index (χ3v) is 3.98. The maximum absolute atomic E-state index is 11.9. The number of nitrogens with zero attached hydrogens (tertiary/aromatic N) is 2. The van der Waals surface area contributed by atoms with Crippen LogP contribution in [0.3, 0.4) is 0 Å². The molecule has 0 atom stereocenters. The summed E-state index contributed by atoms with van der Waals surface area (Å²) in [5.74, 6) is 0. The molecule has 110 valence electrons. The average Bonchev–Trinajstić information content (AvgIpc) is 2.90. The molecule has 1 aromatic carbocycles. The molecule has 2 rings (SSSR count). The zero-order valence-electron chi connectivity index (χ0n) is 10.8. The van der Waals surface area contributed by atoms with Gasteiger partial charge in [0.05, 0.1) is 18.1 Å². The van der Waals surface area contributed by atoms with Crippen LogP contribution < -0.4 is 10.5 Å². The van der Waals surface area contributed by atoms with Gasteiger partial charge in [0, 0.05) is 6.54 Å². The number of hydrogen-bond acceptors (Lipinski definition) is 4. The van der Waals surface area contributed by atoms with Gasteiger partial charge in [-0.25, -0.2) is 17.8 Å². The van der Waals surface area contributed by atoms with E-state index in [0.717, 1.165) is 5.69 Å². The minimum Gasteiger partial charge on any atom is -0.330 e. The van der Waals surface area contributed by atoms with E-state index >= 15 is 0 Å². The molecule has 2 aromatic rings. The molecule has 0 bridgehead atoms. The highest BCUT2D eigenvalue weighted by Gasteiger charge is 2.15. The second kappa shape index (κ2) is 7.39. The number of sulfonamides is 1. The number of rotatable bonds is 6. The van der Waals surface area contributed by atoms with Gasteiger partial charge in [-0.1, -0.05) is 18.2 Å². The van der Waals surface area contributed by atoms with Gasteiger partial charge in [0.25, 0.3) is 0 Å². The van der Waals surface area contributed by atoms with Crippen molar-refractivity contribution in [3.63, 3.8) is 0 Å². The number of nitrogens with one attached hydrogen (secondary N) is 1. The van der Waals surface area contributed by atoms with Crippen molar-refractivity contribution < 1.29 is 8.42 Å². The molecule has 6 nitrogen and oxygen atoms in total. The number of benzene rings is 1. The van der Waals surface area contributed by atoms with Crippen LogP contribution in [-0.2, 0) is 10.0 Å². The standard InChI is InChI=1S/C12H16N4O2S.ClH/c13-7-4-8-15-19(17,18)12-9-14-16(10-12)11-5-2-1-3-6-11;/h1-3,5-6,9-10,15H,4,7-8,13H2;1H. The summed E-state index contributed by atoms with van der Waals surface area (Å²) in [7, 11) is -3.51. The van der Waals surface area contributed by atoms with Crippen molar-refractivity contribution in [3.05, 3.63) is 42.7 Å². The number of aromatic nitrogens is 2. The van der Waals surface area contributed by atoms with E-state index in [1.54, 1.807) is 0 Å². The lowest BCUT2D eigenvalue weighted by Crippen LogP contribution is -2.25. The van der Waals surface area contributed by atoms with Crippen molar-refractivity contribution in [1.29, 1.82) is 0 Å². The zero-order valence-corrected chi connectivity index (χ0v) is 12.4. The third-order valence-electron chi connectivity index (χ3n) is 2.56. The molecule has 0 aliphatic heterocycles. The van der Waals surface area contributed by atoms with Gasteiger partial charge in [0.1, 0.15) is 4.90 Å². The Morgan fingerprint density at radius 1 is 1.25 bits per heavy atom. The van der Waals surface area contributed by atoms with E-state index in [2.05, 4.69) is 9.82 Å². The second-order valence-corrected chi connectivity index (χ2v) is 5.76. The number of nitrogens with two attached hydrogens (primary N) is 1. The van der Waals surface area contributed by atoms with Gasteiger partial charge in [-0.3, -0.25) is 0 Å². The summed E-state index contributed by atoms with van der Waals surface area (Å²) < 4.78 is 27.9. The Bertz CT molecular complexity index is 628. The van der Waals surface area contributed by atoms with Crippen molar-refractivity contribution in [3.8, 4) is 5.69 Å². The van der Waals surface area contributed by atoms with Crippen molar-refractivity contribution in [2.24, 2.45) is 5.73 Å². The fraction of sp³-hybridized carbons (Fsp3) is 0.250. The van der Waals surface area contributed by atoms with Crippen molar-refractivity contribution >= 4 is 22.4 Å². The molecular weight excluding hydrogens is 300 g/mol. The Labute approximate surface area is 124 Å². The third kappa shape index (κ3) is 4.04. The van der Waals surface area contributed by atoms with Crippen LogP contribution in [0.5, 0.6) is 0 Å². The van der Waals surface area contributed by atoms with Crippen molar-refractivity contribution in [1.82, 2.24) is 14.5 Å². The Kier molecular flexibility index (Phi) is 6.15. The molecule has 1 aromatic heterocycles. The minimum atomic E-state index is -3.51. The fourth-order valence-corrected chi connectivity index (χ4v) is 2.56. The lowest BCUT2D eigenvalue weighted by atomic mass is 10.3. The normalized spacial score (nSPS) is 11.1. The van der Waals surface area contributed by atoms with Crippen LogP contribution in [0.1, 0.15) is 6.42 Å². The smallest absolute Gasteiger partial charge is 0.243 e. The van der Waals surface area contributed by atoms with Gasteiger partial charge in [0.15, 0.2) is 0 Å². The molecule has 8 heteroatoms. The molecule has 0 amide bonds. The largest absolute Gasteiger partial charge is 0.330 e. The van der Waals surface area contributed by atoms with E-state index in [1.165, 1.54) is 17.1 Å². The summed E-state index contributed by atoms with van der Waals surface area (Å²) in [6.45, 7) is 0.779. The maximum atomic E-state index is 11.9. The first kappa shape index (κ1) is 16.6. The molecule has 3 N–H and O–H groups in total. The molecule has 0 fully saturated rings. The van der Waals surface area contributed by atoms with Crippen LogP contribution in [0.15, 0.2) is 47.6 Å². The number of halogens is 1. The zero-order chi connectivity index (χ0) is 13.7. The monoisotopic (exact) mass is 316 g/mol. The van der Waals surface area contributed by atoms with Crippen LogP contribution in [-0.4, -0.2) is 31.3 Å². The maximum Gasteiger partial charge on any atom is 0.243 e. The molecule has 1 heterocycles. The minimum absolute atomic E-state index is 0. The van der Waals surface area contributed by atoms with E-state index in [1.807, 2.05) is 30.3 Å². The molecule has 0 radical (unpaired) electrons. The Morgan fingerprint density at radius 2 is 1.95 bits per heavy atom. The SMILES string of the molecule is Cl.NCCCNS(=O)(=O)c1cnn(-c2ccccc2)c1. The molecule has 20 heavy (non-hydrogen) atoms. The highest BCUT2D eigenvalue weighted by atomic mass is 35.5. The molecule has 0 saturated carbocycles. The average molecular weight is 317 g/mol. The predicted molar refractivity (Wildman–Crippen MR) is 79.7 cm³/mol. The Balaban J connectivity index is 0.00000200. The Hall–Kier alpha value is -1.41. The van der Waals surface area contributed by atoms with Crippen molar-refractivity contribution in [2.45, 2.75) is 11.3 Å². The van der Waals surface area contributed by atoms with Gasteiger partial charge < -0.3 is 5.73 Å². The Morgan fingerprint density at radius 3 is 2.60 bits per heavy atom. The van der Waals surface area contributed by atoms with Gasteiger partial charge in [-0.15, -0.1) is 12.4 Å². The molecule has 0 spiro atoms. The van der Waals surface area contributed by atoms with Gasteiger partial charge >= 0.3 is 0 Å². The molecular formula is C12H17ClN4O2S. The highest BCUT2D eigenvalue weighted by Crippen LogP contribution is 2.11. The summed E-state index contributed by atoms with van der Waals surface area (Å²) in [4.78, 5) is 0.147. The first-order valence-corrected chi connectivity index (χ1v) is 7.41. The van der Waals surface area contributed by atoms with E-state index in [9.17, 15) is 8.42 Å². The van der Waals surface area contributed by atoms with Crippen LogP contribution in [0.25, 0.3) is 5.69 Å². The summed E-state index contributed by atoms with van der Waals surface area (Å²) in [6, 6.07) is 9.32. The number of para-hydroxylation sites is 1.